The number of carbonyl (C=O) groups is 1. The summed E-state index contributed by atoms with van der Waals surface area (Å²) in [6.07, 6.45) is 6.48. The monoisotopic (exact) mass is 336 g/mol. The number of hydrogen-bond donors (Lipinski definition) is 1. The van der Waals surface area contributed by atoms with Gasteiger partial charge in [0.15, 0.2) is 0 Å². The van der Waals surface area contributed by atoms with E-state index in [0.717, 1.165) is 58.2 Å². The molecule has 3 rings (SSSR count). The first-order valence-electron chi connectivity index (χ1n) is 8.87. The lowest BCUT2D eigenvalue weighted by atomic mass is 9.86. The number of aryl methyl sites for hydroxylation is 1. The standard InChI is InChI=1S/C19H28N2O.ClH/c1-2-12-21(19(22)17-8-5-11-20-14-17)18-10-9-15-6-3-4-7-16(15)13-18;/h3-4,6-7,17-18,20H,2,5,8-14H2,1H3;1H. The van der Waals surface area contributed by atoms with Gasteiger partial charge in [0.25, 0.3) is 0 Å². The third-order valence-corrected chi connectivity index (χ3v) is 5.16. The largest absolute Gasteiger partial charge is 0.339 e. The second-order valence-electron chi connectivity index (χ2n) is 6.74. The minimum Gasteiger partial charge on any atom is -0.339 e. The summed E-state index contributed by atoms with van der Waals surface area (Å²) in [5.41, 5.74) is 2.91. The maximum absolute atomic E-state index is 13.0. The van der Waals surface area contributed by atoms with Crippen molar-refractivity contribution >= 4 is 18.3 Å². The van der Waals surface area contributed by atoms with E-state index in [4.69, 9.17) is 0 Å². The van der Waals surface area contributed by atoms with Gasteiger partial charge in [0, 0.05) is 19.1 Å². The van der Waals surface area contributed by atoms with Gasteiger partial charge in [-0.25, -0.2) is 0 Å². The maximum atomic E-state index is 13.0. The average Bonchev–Trinajstić information content (AvgIpc) is 2.59. The second kappa shape index (κ2) is 8.70. The third-order valence-electron chi connectivity index (χ3n) is 5.16. The van der Waals surface area contributed by atoms with Crippen molar-refractivity contribution in [1.29, 1.82) is 0 Å². The fraction of sp³-hybridized carbons (Fsp3) is 0.632. The summed E-state index contributed by atoms with van der Waals surface area (Å²) in [7, 11) is 0. The van der Waals surface area contributed by atoms with Crippen molar-refractivity contribution in [2.24, 2.45) is 5.92 Å². The van der Waals surface area contributed by atoms with Crippen LogP contribution in [0.5, 0.6) is 0 Å². The van der Waals surface area contributed by atoms with Crippen LogP contribution in [-0.2, 0) is 17.6 Å². The van der Waals surface area contributed by atoms with Crippen LogP contribution < -0.4 is 5.32 Å². The van der Waals surface area contributed by atoms with Gasteiger partial charge in [-0.3, -0.25) is 4.79 Å². The molecule has 2 aliphatic rings. The molecule has 1 aliphatic heterocycles. The van der Waals surface area contributed by atoms with E-state index in [2.05, 4.69) is 41.4 Å². The smallest absolute Gasteiger partial charge is 0.227 e. The van der Waals surface area contributed by atoms with Crippen molar-refractivity contribution in [2.75, 3.05) is 19.6 Å². The molecule has 128 valence electrons. The highest BCUT2D eigenvalue weighted by molar-refractivity contribution is 5.85. The number of piperidine rings is 1. The highest BCUT2D eigenvalue weighted by atomic mass is 35.5. The molecule has 0 spiro atoms. The fourth-order valence-electron chi connectivity index (χ4n) is 3.96. The molecule has 1 aromatic rings. The molecular weight excluding hydrogens is 308 g/mol. The molecule has 1 fully saturated rings. The van der Waals surface area contributed by atoms with E-state index in [1.807, 2.05) is 0 Å². The van der Waals surface area contributed by atoms with E-state index >= 15 is 0 Å². The first kappa shape index (κ1) is 18.3. The van der Waals surface area contributed by atoms with Crippen LogP contribution in [0.2, 0.25) is 0 Å². The molecule has 1 heterocycles. The Morgan fingerprint density at radius 1 is 1.26 bits per heavy atom. The van der Waals surface area contributed by atoms with Crippen molar-refractivity contribution in [2.45, 2.75) is 51.5 Å². The predicted molar refractivity (Wildman–Crippen MR) is 97.1 cm³/mol. The zero-order valence-corrected chi connectivity index (χ0v) is 14.9. The molecule has 2 unspecified atom stereocenters. The Hall–Kier alpha value is -1.06. The summed E-state index contributed by atoms with van der Waals surface area (Å²) in [4.78, 5) is 15.2. The van der Waals surface area contributed by atoms with E-state index in [1.165, 1.54) is 11.1 Å². The van der Waals surface area contributed by atoms with Crippen LogP contribution in [0.25, 0.3) is 0 Å². The Bertz CT molecular complexity index is 514. The minimum absolute atomic E-state index is 0. The molecule has 1 N–H and O–H groups in total. The topological polar surface area (TPSA) is 32.3 Å². The highest BCUT2D eigenvalue weighted by Gasteiger charge is 2.31. The van der Waals surface area contributed by atoms with Gasteiger partial charge in [-0.05, 0) is 56.2 Å². The number of benzene rings is 1. The van der Waals surface area contributed by atoms with Gasteiger partial charge in [0.1, 0.15) is 0 Å². The number of halogens is 1. The van der Waals surface area contributed by atoms with E-state index in [0.29, 0.717) is 11.9 Å². The van der Waals surface area contributed by atoms with Gasteiger partial charge in [-0.2, -0.15) is 0 Å². The number of carbonyl (C=O) groups excluding carboxylic acids is 1. The van der Waals surface area contributed by atoms with Crippen LogP contribution in [-0.4, -0.2) is 36.5 Å². The van der Waals surface area contributed by atoms with Gasteiger partial charge in [-0.15, -0.1) is 12.4 Å². The number of nitrogens with zero attached hydrogens (tertiary/aromatic N) is 1. The van der Waals surface area contributed by atoms with E-state index in [1.54, 1.807) is 0 Å². The summed E-state index contributed by atoms with van der Waals surface area (Å²) in [6, 6.07) is 9.12. The van der Waals surface area contributed by atoms with Gasteiger partial charge in [0.2, 0.25) is 5.91 Å². The Balaban J connectivity index is 0.00000192. The lowest BCUT2D eigenvalue weighted by Crippen LogP contribution is -2.49. The Labute approximate surface area is 146 Å². The lowest BCUT2D eigenvalue weighted by molar-refractivity contribution is -0.138. The SMILES string of the molecule is CCCN(C(=O)C1CCCNC1)C1CCc2ccccc2C1.Cl. The average molecular weight is 337 g/mol. The highest BCUT2D eigenvalue weighted by Crippen LogP contribution is 2.26. The van der Waals surface area contributed by atoms with Crippen molar-refractivity contribution in [3.63, 3.8) is 0 Å². The Kier molecular flexibility index (Phi) is 6.91. The van der Waals surface area contributed by atoms with Gasteiger partial charge in [0.05, 0.1) is 5.92 Å². The van der Waals surface area contributed by atoms with Crippen LogP contribution in [0.15, 0.2) is 24.3 Å². The van der Waals surface area contributed by atoms with Crippen LogP contribution >= 0.6 is 12.4 Å². The minimum atomic E-state index is 0. The molecule has 0 bridgehead atoms. The summed E-state index contributed by atoms with van der Waals surface area (Å²) in [5.74, 6) is 0.580. The first-order valence-corrected chi connectivity index (χ1v) is 8.87. The molecule has 1 aromatic carbocycles. The summed E-state index contributed by atoms with van der Waals surface area (Å²) in [6.45, 7) is 5.01. The molecular formula is C19H29ClN2O. The van der Waals surface area contributed by atoms with Crippen molar-refractivity contribution in [3.05, 3.63) is 35.4 Å². The zero-order chi connectivity index (χ0) is 15.4. The Morgan fingerprint density at radius 2 is 2.04 bits per heavy atom. The first-order chi connectivity index (χ1) is 10.8. The quantitative estimate of drug-likeness (QED) is 0.915. The molecule has 23 heavy (non-hydrogen) atoms. The molecule has 4 heteroatoms. The molecule has 0 saturated carbocycles. The van der Waals surface area contributed by atoms with Crippen LogP contribution in [0, 0.1) is 5.92 Å². The molecule has 3 nitrogen and oxygen atoms in total. The maximum Gasteiger partial charge on any atom is 0.227 e. The number of hydrogen-bond acceptors (Lipinski definition) is 2. The van der Waals surface area contributed by atoms with Crippen LogP contribution in [0.3, 0.4) is 0 Å². The normalized spacial score (nSPS) is 23.5. The van der Waals surface area contributed by atoms with Crippen molar-refractivity contribution in [1.82, 2.24) is 10.2 Å². The molecule has 1 saturated heterocycles. The third kappa shape index (κ3) is 4.27. The van der Waals surface area contributed by atoms with E-state index in [9.17, 15) is 4.79 Å². The number of rotatable bonds is 4. The number of nitrogens with one attached hydrogen (secondary N) is 1. The van der Waals surface area contributed by atoms with Crippen LogP contribution in [0.1, 0.15) is 43.7 Å². The van der Waals surface area contributed by atoms with Crippen molar-refractivity contribution in [3.8, 4) is 0 Å². The Morgan fingerprint density at radius 3 is 2.74 bits per heavy atom. The lowest BCUT2D eigenvalue weighted by Gasteiger charge is -2.38. The molecule has 0 radical (unpaired) electrons. The summed E-state index contributed by atoms with van der Waals surface area (Å²) < 4.78 is 0. The van der Waals surface area contributed by atoms with Crippen LogP contribution in [0.4, 0.5) is 0 Å². The molecule has 2 atom stereocenters. The summed E-state index contributed by atoms with van der Waals surface area (Å²) in [5, 5.41) is 3.38. The molecule has 1 aliphatic carbocycles. The van der Waals surface area contributed by atoms with Gasteiger partial charge < -0.3 is 10.2 Å². The number of amides is 1. The van der Waals surface area contributed by atoms with Gasteiger partial charge in [-0.1, -0.05) is 31.2 Å². The predicted octanol–water partition coefficient (Wildman–Crippen LogP) is 3.20. The van der Waals surface area contributed by atoms with Crippen molar-refractivity contribution < 1.29 is 4.79 Å². The summed E-state index contributed by atoms with van der Waals surface area (Å²) >= 11 is 0. The fourth-order valence-corrected chi connectivity index (χ4v) is 3.96. The van der Waals surface area contributed by atoms with E-state index < -0.39 is 0 Å². The zero-order valence-electron chi connectivity index (χ0n) is 14.1. The van der Waals surface area contributed by atoms with Gasteiger partial charge >= 0.3 is 0 Å². The van der Waals surface area contributed by atoms with E-state index in [-0.39, 0.29) is 18.3 Å². The molecule has 1 amide bonds. The second-order valence-corrected chi connectivity index (χ2v) is 6.74. The molecule has 0 aromatic heterocycles. The number of fused-ring (bicyclic) bond motifs is 1.